The summed E-state index contributed by atoms with van der Waals surface area (Å²) in [7, 11) is 1.51. The molecule has 0 amide bonds. The number of halogens is 1. The van der Waals surface area contributed by atoms with Crippen LogP contribution in [0.2, 0.25) is 0 Å². The molecule has 0 aliphatic heterocycles. The van der Waals surface area contributed by atoms with Crippen molar-refractivity contribution in [3.63, 3.8) is 0 Å². The molecule has 1 unspecified atom stereocenters. The van der Waals surface area contributed by atoms with E-state index in [1.54, 1.807) is 23.9 Å². The highest BCUT2D eigenvalue weighted by atomic mass is 32.2. The van der Waals surface area contributed by atoms with Gasteiger partial charge in [0.2, 0.25) is 0 Å². The molecule has 0 heterocycles. The van der Waals surface area contributed by atoms with Gasteiger partial charge in [0.1, 0.15) is 11.6 Å². The second-order valence-corrected chi connectivity index (χ2v) is 5.32. The Morgan fingerprint density at radius 3 is 2.60 bits per heavy atom. The Hall–Kier alpha value is -1.56. The van der Waals surface area contributed by atoms with Crippen molar-refractivity contribution in [1.82, 2.24) is 5.43 Å². The number of rotatable bonds is 6. The second-order valence-electron chi connectivity index (χ2n) is 4.23. The van der Waals surface area contributed by atoms with Gasteiger partial charge in [-0.1, -0.05) is 24.3 Å². The van der Waals surface area contributed by atoms with E-state index in [9.17, 15) is 4.39 Å². The normalized spacial score (nSPS) is 12.2. The first-order valence-electron chi connectivity index (χ1n) is 6.22. The first-order chi connectivity index (χ1) is 9.74. The number of hydrogen-bond acceptors (Lipinski definition) is 4. The van der Waals surface area contributed by atoms with Crippen molar-refractivity contribution < 1.29 is 9.13 Å². The van der Waals surface area contributed by atoms with Gasteiger partial charge in [-0.05, 0) is 18.2 Å². The Labute approximate surface area is 122 Å². The molecule has 1 atom stereocenters. The molecule has 2 rings (SSSR count). The predicted molar refractivity (Wildman–Crippen MR) is 80.2 cm³/mol. The van der Waals surface area contributed by atoms with Gasteiger partial charge in [-0.25, -0.2) is 4.39 Å². The number of methoxy groups -OCH3 is 1. The summed E-state index contributed by atoms with van der Waals surface area (Å²) >= 11 is 1.63. The maximum Gasteiger partial charge on any atom is 0.131 e. The van der Waals surface area contributed by atoms with Crippen molar-refractivity contribution in [3.8, 4) is 5.75 Å². The standard InChI is InChI=1S/C15H17FN2OS/c1-19-11-7-8-13(14(16)9-11)15(18-17)10-20-12-5-3-2-4-6-12/h2-9,15,18H,10,17H2,1H3. The van der Waals surface area contributed by atoms with Crippen molar-refractivity contribution in [2.75, 3.05) is 12.9 Å². The van der Waals surface area contributed by atoms with Crippen molar-refractivity contribution in [3.05, 3.63) is 59.9 Å². The van der Waals surface area contributed by atoms with Crippen LogP contribution in [-0.4, -0.2) is 12.9 Å². The van der Waals surface area contributed by atoms with Crippen LogP contribution in [0.3, 0.4) is 0 Å². The second kappa shape index (κ2) is 7.28. The molecule has 0 saturated carbocycles. The SMILES string of the molecule is COc1ccc(C(CSc2ccccc2)NN)c(F)c1. The zero-order chi connectivity index (χ0) is 14.4. The zero-order valence-electron chi connectivity index (χ0n) is 11.2. The van der Waals surface area contributed by atoms with E-state index >= 15 is 0 Å². The van der Waals surface area contributed by atoms with Crippen LogP contribution in [0.5, 0.6) is 5.75 Å². The predicted octanol–water partition coefficient (Wildman–Crippen LogP) is 3.13. The summed E-state index contributed by atoms with van der Waals surface area (Å²) < 4.78 is 19.0. The maximum atomic E-state index is 14.0. The molecule has 0 saturated heterocycles. The molecule has 0 radical (unpaired) electrons. The van der Waals surface area contributed by atoms with E-state index in [1.165, 1.54) is 13.2 Å². The average Bonchev–Trinajstić information content (AvgIpc) is 2.50. The lowest BCUT2D eigenvalue weighted by Crippen LogP contribution is -2.30. The topological polar surface area (TPSA) is 47.3 Å². The highest BCUT2D eigenvalue weighted by Gasteiger charge is 2.15. The third-order valence-electron chi connectivity index (χ3n) is 2.94. The minimum absolute atomic E-state index is 0.258. The van der Waals surface area contributed by atoms with Gasteiger partial charge in [-0.15, -0.1) is 11.8 Å². The van der Waals surface area contributed by atoms with Crippen molar-refractivity contribution in [1.29, 1.82) is 0 Å². The van der Waals surface area contributed by atoms with Gasteiger partial charge in [0.05, 0.1) is 13.2 Å². The fourth-order valence-electron chi connectivity index (χ4n) is 1.84. The van der Waals surface area contributed by atoms with Crippen LogP contribution < -0.4 is 16.0 Å². The lowest BCUT2D eigenvalue weighted by molar-refractivity contribution is 0.409. The number of nitrogens with two attached hydrogens (primary N) is 1. The lowest BCUT2D eigenvalue weighted by atomic mass is 10.1. The van der Waals surface area contributed by atoms with Crippen molar-refractivity contribution in [2.24, 2.45) is 5.84 Å². The summed E-state index contributed by atoms with van der Waals surface area (Å²) in [4.78, 5) is 1.13. The molecular weight excluding hydrogens is 275 g/mol. The molecule has 3 nitrogen and oxygen atoms in total. The molecule has 0 aromatic heterocycles. The van der Waals surface area contributed by atoms with Crippen molar-refractivity contribution in [2.45, 2.75) is 10.9 Å². The minimum Gasteiger partial charge on any atom is -0.497 e. The van der Waals surface area contributed by atoms with Gasteiger partial charge in [0.15, 0.2) is 0 Å². The van der Waals surface area contributed by atoms with Crippen LogP contribution >= 0.6 is 11.8 Å². The summed E-state index contributed by atoms with van der Waals surface area (Å²) in [6, 6.07) is 14.5. The number of benzene rings is 2. The molecule has 3 N–H and O–H groups in total. The summed E-state index contributed by atoms with van der Waals surface area (Å²) in [5.41, 5.74) is 3.20. The van der Waals surface area contributed by atoms with E-state index in [4.69, 9.17) is 10.6 Å². The molecule has 0 bridgehead atoms. The quantitative estimate of drug-likeness (QED) is 0.488. The smallest absolute Gasteiger partial charge is 0.131 e. The molecule has 0 aliphatic rings. The van der Waals surface area contributed by atoms with Gasteiger partial charge in [-0.2, -0.15) is 0 Å². The van der Waals surface area contributed by atoms with E-state index in [0.29, 0.717) is 17.1 Å². The fourth-order valence-corrected chi connectivity index (χ4v) is 2.83. The van der Waals surface area contributed by atoms with Gasteiger partial charge in [-0.3, -0.25) is 11.3 Å². The third-order valence-corrected chi connectivity index (χ3v) is 4.05. The number of hydrogen-bond donors (Lipinski definition) is 2. The lowest BCUT2D eigenvalue weighted by Gasteiger charge is -2.17. The van der Waals surface area contributed by atoms with E-state index in [1.807, 2.05) is 30.3 Å². The number of ether oxygens (including phenoxy) is 1. The van der Waals surface area contributed by atoms with Crippen LogP contribution in [-0.2, 0) is 0 Å². The minimum atomic E-state index is -0.319. The molecular formula is C15H17FN2OS. The highest BCUT2D eigenvalue weighted by molar-refractivity contribution is 7.99. The molecule has 2 aromatic carbocycles. The Kier molecular flexibility index (Phi) is 5.40. The van der Waals surface area contributed by atoms with E-state index in [2.05, 4.69) is 5.43 Å². The van der Waals surface area contributed by atoms with Gasteiger partial charge in [0, 0.05) is 22.3 Å². The maximum absolute atomic E-state index is 14.0. The van der Waals surface area contributed by atoms with Crippen LogP contribution in [0.1, 0.15) is 11.6 Å². The monoisotopic (exact) mass is 292 g/mol. The first-order valence-corrected chi connectivity index (χ1v) is 7.20. The van der Waals surface area contributed by atoms with E-state index < -0.39 is 0 Å². The largest absolute Gasteiger partial charge is 0.497 e. The molecule has 0 fully saturated rings. The Morgan fingerprint density at radius 2 is 2.00 bits per heavy atom. The van der Waals surface area contributed by atoms with Crippen LogP contribution in [0.15, 0.2) is 53.4 Å². The average molecular weight is 292 g/mol. The summed E-state index contributed by atoms with van der Waals surface area (Å²) in [5, 5.41) is 0. The Balaban J connectivity index is 2.08. The summed E-state index contributed by atoms with van der Waals surface area (Å²) in [5.74, 6) is 6.37. The van der Waals surface area contributed by atoms with Crippen LogP contribution in [0.4, 0.5) is 4.39 Å². The number of hydrazine groups is 1. The van der Waals surface area contributed by atoms with Crippen LogP contribution in [0.25, 0.3) is 0 Å². The van der Waals surface area contributed by atoms with E-state index in [-0.39, 0.29) is 11.9 Å². The van der Waals surface area contributed by atoms with Gasteiger partial charge in [0.25, 0.3) is 0 Å². The molecule has 0 spiro atoms. The Morgan fingerprint density at radius 1 is 1.25 bits per heavy atom. The summed E-state index contributed by atoms with van der Waals surface area (Å²) in [6.07, 6.45) is 0. The summed E-state index contributed by atoms with van der Waals surface area (Å²) in [6.45, 7) is 0. The number of nitrogens with one attached hydrogen (secondary N) is 1. The third kappa shape index (κ3) is 3.72. The molecule has 2 aromatic rings. The Bertz CT molecular complexity index is 551. The van der Waals surface area contributed by atoms with Crippen LogP contribution in [0, 0.1) is 5.82 Å². The highest BCUT2D eigenvalue weighted by Crippen LogP contribution is 2.27. The molecule has 106 valence electrons. The molecule has 20 heavy (non-hydrogen) atoms. The number of thioether (sulfide) groups is 1. The van der Waals surface area contributed by atoms with Crippen molar-refractivity contribution >= 4 is 11.8 Å². The van der Waals surface area contributed by atoms with Gasteiger partial charge >= 0.3 is 0 Å². The first kappa shape index (κ1) is 14.8. The van der Waals surface area contributed by atoms with E-state index in [0.717, 1.165) is 4.90 Å². The van der Waals surface area contributed by atoms with Gasteiger partial charge < -0.3 is 4.74 Å². The molecule has 5 heteroatoms. The molecule has 0 aliphatic carbocycles. The fraction of sp³-hybridized carbons (Fsp3) is 0.200. The zero-order valence-corrected chi connectivity index (χ0v) is 12.0.